The Morgan fingerprint density at radius 1 is 0.634 bits per heavy atom. The third-order valence-corrected chi connectivity index (χ3v) is 6.81. The Bertz CT molecular complexity index is 1100. The fraction of sp³-hybridized carbons (Fsp3) is 0.467. The van der Waals surface area contributed by atoms with Gasteiger partial charge in [-0.05, 0) is 37.1 Å². The number of anilines is 2. The van der Waals surface area contributed by atoms with Crippen molar-refractivity contribution in [2.45, 2.75) is 51.4 Å². The van der Waals surface area contributed by atoms with Gasteiger partial charge in [0.05, 0.1) is 13.1 Å². The van der Waals surface area contributed by atoms with Crippen LogP contribution in [0.3, 0.4) is 0 Å². The molecule has 6 N–H and O–H groups in total. The molecule has 0 bridgehead atoms. The predicted octanol–water partition coefficient (Wildman–Crippen LogP) is 4.87. The van der Waals surface area contributed by atoms with E-state index in [2.05, 4.69) is 41.9 Å². The molecule has 11 heteroatoms. The van der Waals surface area contributed by atoms with Crippen molar-refractivity contribution in [1.82, 2.24) is 21.3 Å². The molecule has 2 heterocycles. The number of amides is 4. The lowest BCUT2D eigenvalue weighted by atomic mass is 10.1. The van der Waals surface area contributed by atoms with Gasteiger partial charge in [0.25, 0.3) is 0 Å². The van der Waals surface area contributed by atoms with E-state index in [0.29, 0.717) is 13.1 Å². The lowest BCUT2D eigenvalue weighted by Gasteiger charge is -2.10. The zero-order valence-corrected chi connectivity index (χ0v) is 24.5. The molecule has 0 aliphatic carbocycles. The molecule has 4 amide bonds. The molecule has 10 nitrogen and oxygen atoms in total. The molecule has 0 radical (unpaired) electrons. The van der Waals surface area contributed by atoms with Crippen molar-refractivity contribution in [2.75, 3.05) is 49.9 Å². The average Bonchev–Trinajstić information content (AvgIpc) is 3.69. The van der Waals surface area contributed by atoms with Gasteiger partial charge >= 0.3 is 12.1 Å². The third kappa shape index (κ3) is 11.3. The number of aliphatic imine (C=N–C) groups is 2. The fourth-order valence-electron chi connectivity index (χ4n) is 4.74. The smallest absolute Gasteiger partial charge is 0.319 e. The minimum atomic E-state index is -0.175. The second kappa shape index (κ2) is 17.8. The topological polar surface area (TPSA) is 131 Å². The Kier molecular flexibility index (Phi) is 13.8. The van der Waals surface area contributed by atoms with Crippen molar-refractivity contribution < 1.29 is 9.59 Å². The van der Waals surface area contributed by atoms with Crippen LogP contribution in [0.5, 0.6) is 0 Å². The highest BCUT2D eigenvalue weighted by Gasteiger charge is 2.10. The van der Waals surface area contributed by atoms with Gasteiger partial charge in [0, 0.05) is 48.7 Å². The van der Waals surface area contributed by atoms with Crippen LogP contribution in [0.15, 0.2) is 58.5 Å². The first-order valence-corrected chi connectivity index (χ1v) is 14.5. The van der Waals surface area contributed by atoms with Gasteiger partial charge in [0.2, 0.25) is 0 Å². The second-order valence-electron chi connectivity index (χ2n) is 10.1. The Morgan fingerprint density at radius 2 is 1.05 bits per heavy atom. The van der Waals surface area contributed by atoms with Crippen LogP contribution in [0.2, 0.25) is 0 Å². The molecule has 0 atom stereocenters. The van der Waals surface area contributed by atoms with Crippen molar-refractivity contribution in [3.63, 3.8) is 0 Å². The molecule has 0 fully saturated rings. The lowest BCUT2D eigenvalue weighted by molar-refractivity contribution is 0.251. The number of rotatable bonds is 15. The number of unbranched alkanes of at least 4 members (excludes halogenated alkanes) is 7. The number of nitrogens with one attached hydrogen (secondary N) is 6. The van der Waals surface area contributed by atoms with Crippen LogP contribution >= 0.6 is 12.4 Å². The molecular formula is C30H43ClN8O2. The number of hydrogen-bond acceptors (Lipinski definition) is 6. The zero-order chi connectivity index (χ0) is 27.8. The monoisotopic (exact) mass is 582 g/mol. The van der Waals surface area contributed by atoms with Crippen molar-refractivity contribution >= 4 is 47.5 Å². The van der Waals surface area contributed by atoms with E-state index in [4.69, 9.17) is 0 Å². The summed E-state index contributed by atoms with van der Waals surface area (Å²) < 4.78 is 0. The fourth-order valence-corrected chi connectivity index (χ4v) is 4.74. The van der Waals surface area contributed by atoms with E-state index in [0.717, 1.165) is 86.0 Å². The molecule has 2 aliphatic heterocycles. The molecule has 0 saturated heterocycles. The molecule has 2 aromatic carbocycles. The van der Waals surface area contributed by atoms with Gasteiger partial charge in [-0.2, -0.15) is 0 Å². The van der Waals surface area contributed by atoms with Gasteiger partial charge in [0.15, 0.2) is 0 Å². The van der Waals surface area contributed by atoms with Crippen molar-refractivity contribution in [1.29, 1.82) is 0 Å². The molecule has 41 heavy (non-hydrogen) atoms. The number of benzene rings is 2. The van der Waals surface area contributed by atoms with Gasteiger partial charge < -0.3 is 31.9 Å². The molecule has 222 valence electrons. The third-order valence-electron chi connectivity index (χ3n) is 6.81. The van der Waals surface area contributed by atoms with Crippen LogP contribution in [0.4, 0.5) is 21.0 Å². The maximum Gasteiger partial charge on any atom is 0.319 e. The first-order valence-electron chi connectivity index (χ1n) is 14.5. The molecule has 4 rings (SSSR count). The van der Waals surface area contributed by atoms with E-state index in [1.165, 1.54) is 25.7 Å². The van der Waals surface area contributed by atoms with Gasteiger partial charge in [-0.15, -0.1) is 12.4 Å². The quantitative estimate of drug-likeness (QED) is 0.167. The van der Waals surface area contributed by atoms with Crippen LogP contribution in [-0.4, -0.2) is 63.0 Å². The van der Waals surface area contributed by atoms with Gasteiger partial charge in [0.1, 0.15) is 11.7 Å². The predicted molar refractivity (Wildman–Crippen MR) is 170 cm³/mol. The van der Waals surface area contributed by atoms with Crippen molar-refractivity contribution in [3.8, 4) is 0 Å². The maximum absolute atomic E-state index is 12.2. The van der Waals surface area contributed by atoms with E-state index >= 15 is 0 Å². The summed E-state index contributed by atoms with van der Waals surface area (Å²) in [5, 5.41) is 18.2. The molecule has 2 aromatic rings. The number of nitrogens with zero attached hydrogens (tertiary/aromatic N) is 2. The summed E-state index contributed by atoms with van der Waals surface area (Å²) in [6.07, 6.45) is 8.88. The van der Waals surface area contributed by atoms with E-state index in [9.17, 15) is 9.59 Å². The van der Waals surface area contributed by atoms with Gasteiger partial charge in [-0.25, -0.2) is 9.59 Å². The Labute approximate surface area is 249 Å². The number of halogens is 1. The standard InChI is InChI=1S/C30H42N8O2.ClH/c39-29(37-25-13-9-11-23(21-25)27-31-17-18-32-27)35-15-7-5-3-1-2-4-6-8-16-36-30(40)38-26-14-10-12-24(22-26)28-33-19-20-34-28;/h9-14,21-22H,1-8,15-20H2,(H,31,32)(H,33,34)(H2,35,37,39)(H2,36,38,40);1H. The minimum Gasteiger partial charge on any atom is -0.368 e. The van der Waals surface area contributed by atoms with Crippen LogP contribution in [0.1, 0.15) is 62.5 Å². The van der Waals surface area contributed by atoms with E-state index < -0.39 is 0 Å². The zero-order valence-electron chi connectivity index (χ0n) is 23.6. The van der Waals surface area contributed by atoms with E-state index in [1.807, 2.05) is 48.5 Å². The van der Waals surface area contributed by atoms with Crippen molar-refractivity contribution in [2.24, 2.45) is 9.98 Å². The van der Waals surface area contributed by atoms with Crippen LogP contribution in [0.25, 0.3) is 0 Å². The highest BCUT2D eigenvalue weighted by Crippen LogP contribution is 2.14. The number of amidine groups is 2. The molecule has 0 saturated carbocycles. The Balaban J connectivity index is 0.00000462. The summed E-state index contributed by atoms with van der Waals surface area (Å²) >= 11 is 0. The minimum absolute atomic E-state index is 0. The summed E-state index contributed by atoms with van der Waals surface area (Å²) in [7, 11) is 0. The molecular weight excluding hydrogens is 540 g/mol. The Morgan fingerprint density at radius 3 is 1.44 bits per heavy atom. The lowest BCUT2D eigenvalue weighted by Crippen LogP contribution is -2.29. The summed E-state index contributed by atoms with van der Waals surface area (Å²) in [6.45, 7) is 4.64. The van der Waals surface area contributed by atoms with E-state index in [1.54, 1.807) is 0 Å². The van der Waals surface area contributed by atoms with Crippen LogP contribution in [-0.2, 0) is 0 Å². The second-order valence-corrected chi connectivity index (χ2v) is 10.1. The number of carbonyl (C=O) groups excluding carboxylic acids is 2. The summed E-state index contributed by atoms with van der Waals surface area (Å²) in [5.41, 5.74) is 3.50. The number of hydrogen-bond donors (Lipinski definition) is 6. The highest BCUT2D eigenvalue weighted by molar-refractivity contribution is 6.02. The van der Waals surface area contributed by atoms with Crippen molar-refractivity contribution in [3.05, 3.63) is 59.7 Å². The molecule has 0 unspecified atom stereocenters. The normalized spacial score (nSPS) is 13.7. The molecule has 2 aliphatic rings. The number of carbonyl (C=O) groups is 2. The summed E-state index contributed by atoms with van der Waals surface area (Å²) in [5.74, 6) is 1.77. The maximum atomic E-state index is 12.2. The largest absolute Gasteiger partial charge is 0.368 e. The first kappa shape index (κ1) is 31.7. The first-order chi connectivity index (χ1) is 19.7. The molecule has 0 aromatic heterocycles. The average molecular weight is 583 g/mol. The van der Waals surface area contributed by atoms with Gasteiger partial charge in [-0.1, -0.05) is 62.8 Å². The van der Waals surface area contributed by atoms with E-state index in [-0.39, 0.29) is 24.5 Å². The highest BCUT2D eigenvalue weighted by atomic mass is 35.5. The number of urea groups is 2. The van der Waals surface area contributed by atoms with Crippen LogP contribution < -0.4 is 31.9 Å². The van der Waals surface area contributed by atoms with Crippen LogP contribution in [0, 0.1) is 0 Å². The molecule has 0 spiro atoms. The Hall–Kier alpha value is -3.79. The summed E-state index contributed by atoms with van der Waals surface area (Å²) in [4.78, 5) is 33.2. The summed E-state index contributed by atoms with van der Waals surface area (Å²) in [6, 6.07) is 15.1. The SMILES string of the molecule is Cl.O=C(NCCCCCCCCCCNC(=O)Nc1cccc(C2=NCCN2)c1)Nc1cccc(C2=NCCN2)c1. The van der Waals surface area contributed by atoms with Gasteiger partial charge in [-0.3, -0.25) is 9.98 Å².